The zero-order valence-electron chi connectivity index (χ0n) is 11.6. The first-order chi connectivity index (χ1) is 9.70. The summed E-state index contributed by atoms with van der Waals surface area (Å²) in [7, 11) is 0. The molecule has 3 heteroatoms. The summed E-state index contributed by atoms with van der Waals surface area (Å²) >= 11 is 0. The monoisotopic (exact) mass is 266 g/mol. The van der Waals surface area contributed by atoms with Crippen LogP contribution in [0.1, 0.15) is 34.3 Å². The first-order valence-corrected chi connectivity index (χ1v) is 6.95. The third-order valence-electron chi connectivity index (χ3n) is 4.00. The number of rotatable bonds is 4. The molecule has 0 radical (unpaired) electrons. The molecule has 20 heavy (non-hydrogen) atoms. The molecule has 1 amide bonds. The van der Waals surface area contributed by atoms with E-state index in [2.05, 4.69) is 16.4 Å². The van der Waals surface area contributed by atoms with Gasteiger partial charge in [-0.05, 0) is 43.5 Å². The molecule has 0 aliphatic heterocycles. The fourth-order valence-corrected chi connectivity index (χ4v) is 2.53. The van der Waals surface area contributed by atoms with E-state index in [0.29, 0.717) is 6.54 Å². The van der Waals surface area contributed by atoms with Crippen molar-refractivity contribution >= 4 is 5.91 Å². The van der Waals surface area contributed by atoms with E-state index in [1.54, 1.807) is 6.20 Å². The highest BCUT2D eigenvalue weighted by molar-refractivity contribution is 5.94. The number of aryl methyl sites for hydroxylation is 1. The van der Waals surface area contributed by atoms with Gasteiger partial charge in [-0.3, -0.25) is 9.78 Å². The molecule has 1 aromatic heterocycles. The van der Waals surface area contributed by atoms with Crippen LogP contribution in [0.3, 0.4) is 0 Å². The predicted octanol–water partition coefficient (Wildman–Crippen LogP) is 2.85. The third kappa shape index (κ3) is 2.57. The van der Waals surface area contributed by atoms with Crippen LogP contribution in [0.2, 0.25) is 0 Å². The maximum absolute atomic E-state index is 12.2. The van der Waals surface area contributed by atoms with Crippen LogP contribution in [0.25, 0.3) is 0 Å². The maximum atomic E-state index is 12.2. The van der Waals surface area contributed by atoms with Gasteiger partial charge in [0.15, 0.2) is 0 Å². The smallest absolute Gasteiger partial charge is 0.251 e. The summed E-state index contributed by atoms with van der Waals surface area (Å²) in [6.07, 6.45) is 5.93. The lowest BCUT2D eigenvalue weighted by Gasteiger charge is -2.16. The third-order valence-corrected chi connectivity index (χ3v) is 4.00. The van der Waals surface area contributed by atoms with E-state index in [1.165, 1.54) is 5.56 Å². The molecule has 1 N–H and O–H groups in total. The molecule has 1 aromatic carbocycles. The van der Waals surface area contributed by atoms with Crippen LogP contribution in [0.4, 0.5) is 0 Å². The summed E-state index contributed by atoms with van der Waals surface area (Å²) in [5.41, 5.74) is 3.16. The van der Waals surface area contributed by atoms with Gasteiger partial charge in [-0.25, -0.2) is 0 Å². The standard InChI is InChI=1S/C17H18N2O/c1-13-4-2-5-14(10-13)16(20)19-12-17(7-8-17)15-6-3-9-18-11-15/h2-6,9-11H,7-8,12H2,1H3,(H,19,20). The van der Waals surface area contributed by atoms with Crippen molar-refractivity contribution in [2.75, 3.05) is 6.54 Å². The highest BCUT2D eigenvalue weighted by Crippen LogP contribution is 2.47. The Bertz CT molecular complexity index is 618. The average Bonchev–Trinajstić information content (AvgIpc) is 3.27. The quantitative estimate of drug-likeness (QED) is 0.924. The van der Waals surface area contributed by atoms with Crippen LogP contribution in [0.15, 0.2) is 48.8 Å². The molecule has 0 bridgehead atoms. The molecular formula is C17H18N2O. The summed E-state index contributed by atoms with van der Waals surface area (Å²) < 4.78 is 0. The second-order valence-electron chi connectivity index (χ2n) is 5.57. The Morgan fingerprint density at radius 2 is 2.15 bits per heavy atom. The number of carbonyl (C=O) groups excluding carboxylic acids is 1. The van der Waals surface area contributed by atoms with Crippen LogP contribution in [-0.4, -0.2) is 17.4 Å². The van der Waals surface area contributed by atoms with Gasteiger partial charge in [-0.1, -0.05) is 23.8 Å². The first kappa shape index (κ1) is 12.9. The normalized spacial score (nSPS) is 15.7. The van der Waals surface area contributed by atoms with Crippen LogP contribution in [0, 0.1) is 6.92 Å². The number of nitrogens with zero attached hydrogens (tertiary/aromatic N) is 1. The average molecular weight is 266 g/mol. The number of nitrogens with one attached hydrogen (secondary N) is 1. The summed E-state index contributed by atoms with van der Waals surface area (Å²) in [4.78, 5) is 16.4. The molecule has 3 nitrogen and oxygen atoms in total. The van der Waals surface area contributed by atoms with Crippen molar-refractivity contribution in [3.05, 3.63) is 65.5 Å². The van der Waals surface area contributed by atoms with Gasteiger partial charge in [0, 0.05) is 29.9 Å². The molecule has 1 heterocycles. The molecule has 0 atom stereocenters. The van der Waals surface area contributed by atoms with Crippen LogP contribution >= 0.6 is 0 Å². The van der Waals surface area contributed by atoms with Gasteiger partial charge in [0.2, 0.25) is 0 Å². The summed E-state index contributed by atoms with van der Waals surface area (Å²) in [5, 5.41) is 3.06. The fourth-order valence-electron chi connectivity index (χ4n) is 2.53. The highest BCUT2D eigenvalue weighted by Gasteiger charge is 2.44. The van der Waals surface area contributed by atoms with E-state index in [0.717, 1.165) is 24.0 Å². The zero-order valence-corrected chi connectivity index (χ0v) is 11.6. The van der Waals surface area contributed by atoms with Gasteiger partial charge >= 0.3 is 0 Å². The maximum Gasteiger partial charge on any atom is 0.251 e. The Hall–Kier alpha value is -2.16. The van der Waals surface area contributed by atoms with Gasteiger partial charge < -0.3 is 5.32 Å². The molecular weight excluding hydrogens is 248 g/mol. The SMILES string of the molecule is Cc1cccc(C(=O)NCC2(c3cccnc3)CC2)c1. The summed E-state index contributed by atoms with van der Waals surface area (Å²) in [6, 6.07) is 11.7. The minimum Gasteiger partial charge on any atom is -0.351 e. The van der Waals surface area contributed by atoms with E-state index < -0.39 is 0 Å². The molecule has 1 aliphatic carbocycles. The molecule has 0 unspecified atom stereocenters. The molecule has 0 spiro atoms. The largest absolute Gasteiger partial charge is 0.351 e. The van der Waals surface area contributed by atoms with Crippen LogP contribution in [-0.2, 0) is 5.41 Å². The van der Waals surface area contributed by atoms with Gasteiger partial charge in [0.25, 0.3) is 5.91 Å². The van der Waals surface area contributed by atoms with Crippen molar-refractivity contribution in [3.8, 4) is 0 Å². The number of hydrogen-bond acceptors (Lipinski definition) is 2. The first-order valence-electron chi connectivity index (χ1n) is 6.95. The van der Waals surface area contributed by atoms with Crippen LogP contribution < -0.4 is 5.32 Å². The van der Waals surface area contributed by atoms with Crippen molar-refractivity contribution in [2.24, 2.45) is 0 Å². The van der Waals surface area contributed by atoms with Crippen molar-refractivity contribution < 1.29 is 4.79 Å². The van der Waals surface area contributed by atoms with E-state index in [-0.39, 0.29) is 11.3 Å². The summed E-state index contributed by atoms with van der Waals surface area (Å²) in [6.45, 7) is 2.68. The van der Waals surface area contributed by atoms with E-state index in [1.807, 2.05) is 43.5 Å². The molecule has 2 aromatic rings. The lowest BCUT2D eigenvalue weighted by Crippen LogP contribution is -2.32. The lowest BCUT2D eigenvalue weighted by molar-refractivity contribution is 0.0949. The topological polar surface area (TPSA) is 42.0 Å². The van der Waals surface area contributed by atoms with E-state index in [9.17, 15) is 4.79 Å². The summed E-state index contributed by atoms with van der Waals surface area (Å²) in [5.74, 6) is 0.00358. The Kier molecular flexibility index (Phi) is 3.26. The van der Waals surface area contributed by atoms with Gasteiger partial charge in [0.05, 0.1) is 0 Å². The fraction of sp³-hybridized carbons (Fsp3) is 0.294. The van der Waals surface area contributed by atoms with Crippen molar-refractivity contribution in [3.63, 3.8) is 0 Å². The zero-order chi connectivity index (χ0) is 14.0. The minimum absolute atomic E-state index is 0.00358. The number of aromatic nitrogens is 1. The number of carbonyl (C=O) groups is 1. The molecule has 3 rings (SSSR count). The Morgan fingerprint density at radius 3 is 2.80 bits per heavy atom. The number of amides is 1. The predicted molar refractivity (Wildman–Crippen MR) is 78.7 cm³/mol. The Morgan fingerprint density at radius 1 is 1.30 bits per heavy atom. The molecule has 1 saturated carbocycles. The number of benzene rings is 1. The lowest BCUT2D eigenvalue weighted by atomic mass is 9.97. The van der Waals surface area contributed by atoms with Crippen molar-refractivity contribution in [1.82, 2.24) is 10.3 Å². The van der Waals surface area contributed by atoms with E-state index in [4.69, 9.17) is 0 Å². The number of hydrogen-bond donors (Lipinski definition) is 1. The molecule has 102 valence electrons. The number of pyridine rings is 1. The molecule has 0 saturated heterocycles. The molecule has 1 fully saturated rings. The van der Waals surface area contributed by atoms with Crippen molar-refractivity contribution in [2.45, 2.75) is 25.2 Å². The minimum atomic E-state index is 0.00358. The highest BCUT2D eigenvalue weighted by atomic mass is 16.1. The van der Waals surface area contributed by atoms with E-state index >= 15 is 0 Å². The molecule has 1 aliphatic rings. The van der Waals surface area contributed by atoms with Crippen LogP contribution in [0.5, 0.6) is 0 Å². The van der Waals surface area contributed by atoms with Gasteiger partial charge in [0.1, 0.15) is 0 Å². The van der Waals surface area contributed by atoms with Gasteiger partial charge in [-0.2, -0.15) is 0 Å². The second kappa shape index (κ2) is 5.08. The second-order valence-corrected chi connectivity index (χ2v) is 5.57. The Balaban J connectivity index is 1.67. The van der Waals surface area contributed by atoms with Gasteiger partial charge in [-0.15, -0.1) is 0 Å². The Labute approximate surface area is 119 Å². The van der Waals surface area contributed by atoms with Crippen molar-refractivity contribution in [1.29, 1.82) is 0 Å².